The smallest absolute Gasteiger partial charge is 0.168 e. The summed E-state index contributed by atoms with van der Waals surface area (Å²) in [6, 6.07) is 0. The van der Waals surface area contributed by atoms with E-state index < -0.39 is 0 Å². The van der Waals surface area contributed by atoms with Crippen LogP contribution in [0.25, 0.3) is 0 Å². The maximum atomic E-state index is 11.9. The van der Waals surface area contributed by atoms with Crippen molar-refractivity contribution in [2.75, 3.05) is 0 Å². The summed E-state index contributed by atoms with van der Waals surface area (Å²) in [5.74, 6) is 1.11. The van der Waals surface area contributed by atoms with Gasteiger partial charge in [-0.25, -0.2) is 4.37 Å². The Bertz CT molecular complexity index is 337. The highest BCUT2D eigenvalue weighted by atomic mass is 32.1. The van der Waals surface area contributed by atoms with Crippen molar-refractivity contribution in [3.05, 3.63) is 17.1 Å². The second-order valence-electron chi connectivity index (χ2n) is 5.09. The van der Waals surface area contributed by atoms with Gasteiger partial charge in [0.1, 0.15) is 0 Å². The van der Waals surface area contributed by atoms with Crippen LogP contribution in [-0.4, -0.2) is 10.2 Å². The van der Waals surface area contributed by atoms with E-state index in [9.17, 15) is 4.79 Å². The molecule has 0 radical (unpaired) electrons. The number of carbonyl (C=O) groups excluding carboxylic acids is 1. The normalized spacial score (nSPS) is 26.2. The van der Waals surface area contributed by atoms with Crippen molar-refractivity contribution in [3.63, 3.8) is 0 Å². The van der Waals surface area contributed by atoms with Crippen molar-refractivity contribution in [2.45, 2.75) is 27.2 Å². The first kappa shape index (κ1) is 9.84. The number of carbonyl (C=O) groups is 1. The third kappa shape index (κ3) is 1.73. The maximum absolute atomic E-state index is 11.9. The van der Waals surface area contributed by atoms with Crippen LogP contribution in [0.1, 0.15) is 37.6 Å². The molecule has 0 spiro atoms. The molecule has 0 N–H and O–H groups in total. The molecule has 2 unspecified atom stereocenters. The van der Waals surface area contributed by atoms with E-state index in [2.05, 4.69) is 25.1 Å². The number of hydrogen-bond acceptors (Lipinski definition) is 3. The predicted octanol–water partition coefficient (Wildman–Crippen LogP) is 3.01. The van der Waals surface area contributed by atoms with Crippen molar-refractivity contribution in [3.8, 4) is 0 Å². The molecule has 14 heavy (non-hydrogen) atoms. The first-order valence-electron chi connectivity index (χ1n) is 4.94. The summed E-state index contributed by atoms with van der Waals surface area (Å²) >= 11 is 1.35. The van der Waals surface area contributed by atoms with Crippen LogP contribution in [0.2, 0.25) is 0 Å². The minimum Gasteiger partial charge on any atom is -0.294 e. The monoisotopic (exact) mass is 209 g/mol. The molecular weight excluding hydrogens is 194 g/mol. The molecule has 1 heterocycles. The molecule has 1 aromatic heterocycles. The van der Waals surface area contributed by atoms with Gasteiger partial charge >= 0.3 is 0 Å². The van der Waals surface area contributed by atoms with Crippen LogP contribution in [0.3, 0.4) is 0 Å². The summed E-state index contributed by atoms with van der Waals surface area (Å²) in [6.07, 6.45) is 2.74. The maximum Gasteiger partial charge on any atom is 0.168 e. The topological polar surface area (TPSA) is 30.0 Å². The van der Waals surface area contributed by atoms with E-state index >= 15 is 0 Å². The Kier molecular flexibility index (Phi) is 2.22. The lowest BCUT2D eigenvalue weighted by molar-refractivity contribution is 0.0949. The zero-order chi connectivity index (χ0) is 10.3. The van der Waals surface area contributed by atoms with E-state index in [0.717, 1.165) is 12.0 Å². The van der Waals surface area contributed by atoms with Crippen LogP contribution >= 0.6 is 11.5 Å². The first-order chi connectivity index (χ1) is 6.50. The standard InChI is InChI=1S/C11H15NOS/c1-11(2,3)9-4-8(9)10(13)7-5-12-14-6-7/h5-6,8-9H,4H2,1-3H3. The summed E-state index contributed by atoms with van der Waals surface area (Å²) < 4.78 is 3.96. The molecule has 0 amide bonds. The lowest BCUT2D eigenvalue weighted by Crippen LogP contribution is -2.13. The Hall–Kier alpha value is -0.700. The molecule has 2 rings (SSSR count). The molecule has 0 bridgehead atoms. The van der Waals surface area contributed by atoms with E-state index in [1.165, 1.54) is 11.5 Å². The van der Waals surface area contributed by atoms with Gasteiger partial charge in [-0.15, -0.1) is 0 Å². The third-order valence-electron chi connectivity index (χ3n) is 2.96. The fourth-order valence-electron chi connectivity index (χ4n) is 1.98. The molecule has 1 fully saturated rings. The van der Waals surface area contributed by atoms with Crippen LogP contribution in [0.5, 0.6) is 0 Å². The van der Waals surface area contributed by atoms with Crippen molar-refractivity contribution in [1.82, 2.24) is 4.37 Å². The molecule has 1 aromatic rings. The zero-order valence-electron chi connectivity index (χ0n) is 8.78. The molecule has 2 nitrogen and oxygen atoms in total. The number of hydrogen-bond donors (Lipinski definition) is 0. The summed E-state index contributed by atoms with van der Waals surface area (Å²) in [4.78, 5) is 11.9. The SMILES string of the molecule is CC(C)(C)C1CC1C(=O)c1cnsc1. The quantitative estimate of drug-likeness (QED) is 0.701. The molecule has 1 saturated carbocycles. The minimum absolute atomic E-state index is 0.256. The molecule has 0 aliphatic heterocycles. The summed E-state index contributed by atoms with van der Waals surface area (Å²) in [5, 5.41) is 1.85. The Morgan fingerprint density at radius 2 is 2.29 bits per heavy atom. The minimum atomic E-state index is 0.256. The van der Waals surface area contributed by atoms with Gasteiger partial charge in [0.2, 0.25) is 0 Å². The second-order valence-corrected chi connectivity index (χ2v) is 5.75. The van der Waals surface area contributed by atoms with Gasteiger partial charge in [0.05, 0.1) is 6.20 Å². The molecule has 0 aromatic carbocycles. The van der Waals surface area contributed by atoms with Crippen molar-refractivity contribution in [1.29, 1.82) is 0 Å². The first-order valence-corrected chi connectivity index (χ1v) is 5.77. The average Bonchev–Trinajstić information content (AvgIpc) is 2.72. The van der Waals surface area contributed by atoms with E-state index in [4.69, 9.17) is 0 Å². The van der Waals surface area contributed by atoms with Gasteiger partial charge in [0.25, 0.3) is 0 Å². The van der Waals surface area contributed by atoms with E-state index in [1.807, 2.05) is 5.38 Å². The Labute approximate surface area is 88.5 Å². The van der Waals surface area contributed by atoms with Gasteiger partial charge in [-0.1, -0.05) is 20.8 Å². The van der Waals surface area contributed by atoms with E-state index in [-0.39, 0.29) is 11.3 Å². The van der Waals surface area contributed by atoms with Crippen molar-refractivity contribution >= 4 is 17.3 Å². The zero-order valence-corrected chi connectivity index (χ0v) is 9.60. The molecule has 0 saturated heterocycles. The molecule has 3 heteroatoms. The molecule has 76 valence electrons. The van der Waals surface area contributed by atoms with E-state index in [1.54, 1.807) is 6.20 Å². The molecule has 1 aliphatic rings. The Morgan fingerprint density at radius 1 is 1.57 bits per heavy atom. The van der Waals surface area contributed by atoms with Gasteiger partial charge < -0.3 is 0 Å². The van der Waals surface area contributed by atoms with Gasteiger partial charge in [-0.05, 0) is 29.3 Å². The Balaban J connectivity index is 2.04. The molecule has 2 atom stereocenters. The second kappa shape index (κ2) is 3.16. The fourth-order valence-corrected chi connectivity index (χ4v) is 2.51. The highest BCUT2D eigenvalue weighted by Gasteiger charge is 2.49. The lowest BCUT2D eigenvalue weighted by atomic mass is 9.88. The van der Waals surface area contributed by atoms with Crippen molar-refractivity contribution in [2.24, 2.45) is 17.3 Å². The molecule has 1 aliphatic carbocycles. The number of nitrogens with zero attached hydrogens (tertiary/aromatic N) is 1. The largest absolute Gasteiger partial charge is 0.294 e. The third-order valence-corrected chi connectivity index (χ3v) is 3.54. The number of Topliss-reactive ketones (excluding diaryl/α,β-unsaturated/α-hetero) is 1. The summed E-state index contributed by atoms with van der Waals surface area (Å²) in [5.41, 5.74) is 1.07. The van der Waals surface area contributed by atoms with E-state index in [0.29, 0.717) is 11.7 Å². The highest BCUT2D eigenvalue weighted by molar-refractivity contribution is 7.03. The van der Waals surface area contributed by atoms with Crippen LogP contribution in [0.4, 0.5) is 0 Å². The fraction of sp³-hybridized carbons (Fsp3) is 0.636. The van der Waals surface area contributed by atoms with Gasteiger partial charge in [0, 0.05) is 16.9 Å². The summed E-state index contributed by atoms with van der Waals surface area (Å²) in [6.45, 7) is 6.62. The van der Waals surface area contributed by atoms with Crippen LogP contribution in [-0.2, 0) is 0 Å². The van der Waals surface area contributed by atoms with Gasteiger partial charge in [-0.2, -0.15) is 0 Å². The highest BCUT2D eigenvalue weighted by Crippen LogP contribution is 2.51. The summed E-state index contributed by atoms with van der Waals surface area (Å²) in [7, 11) is 0. The Morgan fingerprint density at radius 3 is 2.71 bits per heavy atom. The van der Waals surface area contributed by atoms with Crippen LogP contribution in [0, 0.1) is 17.3 Å². The predicted molar refractivity (Wildman–Crippen MR) is 57.5 cm³/mol. The van der Waals surface area contributed by atoms with Gasteiger partial charge in [0.15, 0.2) is 5.78 Å². The van der Waals surface area contributed by atoms with Crippen molar-refractivity contribution < 1.29 is 4.79 Å². The number of rotatable bonds is 2. The number of aromatic nitrogens is 1. The van der Waals surface area contributed by atoms with Crippen LogP contribution in [0.15, 0.2) is 11.6 Å². The van der Waals surface area contributed by atoms with Crippen LogP contribution < -0.4 is 0 Å². The van der Waals surface area contributed by atoms with Gasteiger partial charge in [-0.3, -0.25) is 4.79 Å². The lowest BCUT2D eigenvalue weighted by Gasteiger charge is -2.17. The average molecular weight is 209 g/mol. The number of ketones is 1. The molecular formula is C11H15NOS.